The van der Waals surface area contributed by atoms with Gasteiger partial charge in [-0.15, -0.1) is 0 Å². The number of carbonyl (C=O) groups excluding carboxylic acids is 2. The molecule has 0 unspecified atom stereocenters. The first-order valence-corrected chi connectivity index (χ1v) is 9.62. The Labute approximate surface area is 186 Å². The molecule has 3 aromatic rings. The van der Waals surface area contributed by atoms with Crippen LogP contribution in [0.5, 0.6) is 5.75 Å². The molecule has 0 radical (unpaired) electrons. The molecule has 3 aromatic carbocycles. The second-order valence-electron chi connectivity index (χ2n) is 6.59. The number of hydrogen-bond donors (Lipinski definition) is 0. The van der Waals surface area contributed by atoms with Crippen molar-refractivity contribution in [3.8, 4) is 29.4 Å². The molecule has 0 heterocycles. The highest BCUT2D eigenvalue weighted by atomic mass is 16.5. The van der Waals surface area contributed by atoms with Crippen LogP contribution in [0.4, 0.5) is 0 Å². The van der Waals surface area contributed by atoms with Crippen LogP contribution < -0.4 is 4.74 Å². The summed E-state index contributed by atoms with van der Waals surface area (Å²) >= 11 is 0. The molecule has 0 N–H and O–H groups in total. The molecule has 0 atom stereocenters. The molecule has 0 aliphatic rings. The van der Waals surface area contributed by atoms with Crippen molar-refractivity contribution in [3.63, 3.8) is 0 Å². The van der Waals surface area contributed by atoms with E-state index in [2.05, 4.69) is 23.7 Å². The van der Waals surface area contributed by atoms with E-state index >= 15 is 0 Å². The molecule has 0 saturated heterocycles. The Morgan fingerprint density at radius 1 is 0.562 bits per heavy atom. The summed E-state index contributed by atoms with van der Waals surface area (Å²) in [6.07, 6.45) is 0. The molecule has 5 nitrogen and oxygen atoms in total. The van der Waals surface area contributed by atoms with Gasteiger partial charge in [0.2, 0.25) is 0 Å². The molecule has 158 valence electrons. The Balaban J connectivity index is 1.83. The minimum atomic E-state index is -0.388. The number of esters is 2. The fraction of sp³-hybridized carbons (Fsp3) is 0.111. The maximum Gasteiger partial charge on any atom is 0.337 e. The number of ether oxygens (including phenoxy) is 3. The molecule has 0 saturated carbocycles. The Kier molecular flexibility index (Phi) is 7.30. The largest absolute Gasteiger partial charge is 0.497 e. The van der Waals surface area contributed by atoms with Gasteiger partial charge >= 0.3 is 11.9 Å². The average Bonchev–Trinajstić information content (AvgIpc) is 2.85. The number of rotatable bonds is 3. The van der Waals surface area contributed by atoms with Crippen molar-refractivity contribution in [1.29, 1.82) is 0 Å². The summed E-state index contributed by atoms with van der Waals surface area (Å²) in [5.74, 6) is 12.2. The molecule has 0 amide bonds. The molecular formula is C27H20O5. The number of carbonyl (C=O) groups is 2. The standard InChI is InChI=1S/C27H20O5/c1-30-25-17-21(6-4-19-8-12-23(13-9-19)26(28)31-2)16-22(18-25)7-5-20-10-14-24(15-11-20)27(29)32-3/h8-18H,1-3H3. The summed E-state index contributed by atoms with van der Waals surface area (Å²) in [5.41, 5.74) is 3.95. The van der Waals surface area contributed by atoms with Gasteiger partial charge < -0.3 is 14.2 Å². The molecule has 32 heavy (non-hydrogen) atoms. The van der Waals surface area contributed by atoms with Crippen molar-refractivity contribution in [2.24, 2.45) is 0 Å². The summed E-state index contributed by atoms with van der Waals surface area (Å²) in [6, 6.07) is 19.3. The van der Waals surface area contributed by atoms with Crippen LogP contribution in [0.1, 0.15) is 43.0 Å². The Hall–Kier alpha value is -4.48. The van der Waals surface area contributed by atoms with E-state index in [1.54, 1.807) is 55.6 Å². The molecule has 0 aliphatic heterocycles. The Bertz CT molecular complexity index is 1150. The lowest BCUT2D eigenvalue weighted by molar-refractivity contribution is 0.0592. The second kappa shape index (κ2) is 10.5. The van der Waals surface area contributed by atoms with E-state index in [1.807, 2.05) is 18.2 Å². The SMILES string of the molecule is COC(=O)c1ccc(C#Cc2cc(C#Cc3ccc(C(=O)OC)cc3)cc(OC)c2)cc1. The van der Waals surface area contributed by atoms with E-state index in [1.165, 1.54) is 14.2 Å². The van der Waals surface area contributed by atoms with Crippen molar-refractivity contribution in [2.45, 2.75) is 0 Å². The summed E-state index contributed by atoms with van der Waals surface area (Å²) in [5, 5.41) is 0. The second-order valence-corrected chi connectivity index (χ2v) is 6.59. The fourth-order valence-electron chi connectivity index (χ4n) is 2.76. The summed E-state index contributed by atoms with van der Waals surface area (Å²) in [4.78, 5) is 23.1. The van der Waals surface area contributed by atoms with E-state index in [0.717, 1.165) is 22.3 Å². The lowest BCUT2D eigenvalue weighted by Gasteiger charge is -2.02. The van der Waals surface area contributed by atoms with E-state index < -0.39 is 0 Å². The topological polar surface area (TPSA) is 61.8 Å². The number of benzene rings is 3. The molecule has 5 heteroatoms. The van der Waals surface area contributed by atoms with Crippen molar-refractivity contribution < 1.29 is 23.8 Å². The molecule has 3 rings (SSSR count). The van der Waals surface area contributed by atoms with Gasteiger partial charge in [0.25, 0.3) is 0 Å². The van der Waals surface area contributed by atoms with Gasteiger partial charge in [-0.3, -0.25) is 0 Å². The van der Waals surface area contributed by atoms with Crippen molar-refractivity contribution in [1.82, 2.24) is 0 Å². The van der Waals surface area contributed by atoms with Gasteiger partial charge in [0, 0.05) is 22.3 Å². The van der Waals surface area contributed by atoms with E-state index in [0.29, 0.717) is 16.9 Å². The summed E-state index contributed by atoms with van der Waals surface area (Å²) in [7, 11) is 4.27. The number of methoxy groups -OCH3 is 3. The highest BCUT2D eigenvalue weighted by Crippen LogP contribution is 2.16. The fourth-order valence-corrected chi connectivity index (χ4v) is 2.76. The molecule has 0 bridgehead atoms. The van der Waals surface area contributed by atoms with Gasteiger partial charge in [0.05, 0.1) is 32.5 Å². The van der Waals surface area contributed by atoms with Crippen molar-refractivity contribution in [3.05, 3.63) is 100 Å². The molecule has 0 spiro atoms. The van der Waals surface area contributed by atoms with Gasteiger partial charge in [0.15, 0.2) is 0 Å². The van der Waals surface area contributed by atoms with Crippen LogP contribution in [-0.4, -0.2) is 33.3 Å². The highest BCUT2D eigenvalue weighted by Gasteiger charge is 2.04. The molecule has 0 fully saturated rings. The predicted molar refractivity (Wildman–Crippen MR) is 121 cm³/mol. The molecular weight excluding hydrogens is 404 g/mol. The van der Waals surface area contributed by atoms with Crippen LogP contribution in [0.3, 0.4) is 0 Å². The molecule has 0 aromatic heterocycles. The Morgan fingerprint density at radius 3 is 1.28 bits per heavy atom. The van der Waals surface area contributed by atoms with Crippen LogP contribution in [0.15, 0.2) is 66.7 Å². The van der Waals surface area contributed by atoms with Gasteiger partial charge in [-0.25, -0.2) is 9.59 Å². The number of hydrogen-bond acceptors (Lipinski definition) is 5. The Morgan fingerprint density at radius 2 is 0.938 bits per heavy atom. The predicted octanol–water partition coefficient (Wildman–Crippen LogP) is 4.07. The highest BCUT2D eigenvalue weighted by molar-refractivity contribution is 5.89. The minimum absolute atomic E-state index is 0.388. The minimum Gasteiger partial charge on any atom is -0.497 e. The van der Waals surface area contributed by atoms with Crippen LogP contribution in [0, 0.1) is 23.7 Å². The average molecular weight is 424 g/mol. The third-order valence-electron chi connectivity index (χ3n) is 4.46. The van der Waals surface area contributed by atoms with Crippen molar-refractivity contribution >= 4 is 11.9 Å². The summed E-state index contributed by atoms with van der Waals surface area (Å²) in [6.45, 7) is 0. The van der Waals surface area contributed by atoms with E-state index in [-0.39, 0.29) is 11.9 Å². The first-order chi connectivity index (χ1) is 15.5. The zero-order valence-corrected chi connectivity index (χ0v) is 17.9. The van der Waals surface area contributed by atoms with Gasteiger partial charge in [-0.2, -0.15) is 0 Å². The summed E-state index contributed by atoms with van der Waals surface area (Å²) < 4.78 is 14.8. The lowest BCUT2D eigenvalue weighted by Crippen LogP contribution is -2.00. The first kappa shape index (κ1) is 22.2. The van der Waals surface area contributed by atoms with Crippen molar-refractivity contribution in [2.75, 3.05) is 21.3 Å². The smallest absolute Gasteiger partial charge is 0.337 e. The third kappa shape index (κ3) is 5.78. The van der Waals surface area contributed by atoms with Crippen LogP contribution in [-0.2, 0) is 9.47 Å². The third-order valence-corrected chi connectivity index (χ3v) is 4.46. The first-order valence-electron chi connectivity index (χ1n) is 9.62. The van der Waals surface area contributed by atoms with Crippen LogP contribution in [0.25, 0.3) is 0 Å². The maximum atomic E-state index is 11.5. The van der Waals surface area contributed by atoms with Gasteiger partial charge in [-0.05, 0) is 66.7 Å². The maximum absolute atomic E-state index is 11.5. The van der Waals surface area contributed by atoms with Gasteiger partial charge in [0.1, 0.15) is 5.75 Å². The zero-order valence-electron chi connectivity index (χ0n) is 17.9. The molecule has 0 aliphatic carbocycles. The lowest BCUT2D eigenvalue weighted by atomic mass is 10.1. The quantitative estimate of drug-likeness (QED) is 0.469. The van der Waals surface area contributed by atoms with Gasteiger partial charge in [-0.1, -0.05) is 23.7 Å². The van der Waals surface area contributed by atoms with Crippen LogP contribution >= 0.6 is 0 Å². The monoisotopic (exact) mass is 424 g/mol. The zero-order chi connectivity index (χ0) is 22.9. The van der Waals surface area contributed by atoms with E-state index in [4.69, 9.17) is 14.2 Å². The van der Waals surface area contributed by atoms with E-state index in [9.17, 15) is 9.59 Å². The normalized spacial score (nSPS) is 9.47. The van der Waals surface area contributed by atoms with Crippen LogP contribution in [0.2, 0.25) is 0 Å².